The van der Waals surface area contributed by atoms with Crippen molar-refractivity contribution in [3.8, 4) is 0 Å². The van der Waals surface area contributed by atoms with Crippen LogP contribution in [0.5, 0.6) is 0 Å². The Morgan fingerprint density at radius 3 is 2.74 bits per heavy atom. The fraction of sp³-hybridized carbons (Fsp3) is 0.500. The topological polar surface area (TPSA) is 29.1 Å². The molecule has 0 spiro atoms. The molecule has 1 aromatic rings. The lowest BCUT2D eigenvalue weighted by atomic mass is 10.2. The first kappa shape index (κ1) is 16.5. The Morgan fingerprint density at radius 2 is 2.05 bits per heavy atom. The second-order valence-corrected chi connectivity index (χ2v) is 6.13. The quantitative estimate of drug-likeness (QED) is 0.712. The van der Waals surface area contributed by atoms with Gasteiger partial charge in [0.2, 0.25) is 0 Å². The predicted molar refractivity (Wildman–Crippen MR) is 83.3 cm³/mol. The number of thioether (sulfide) groups is 1. The molecule has 0 fully saturated rings. The maximum Gasteiger partial charge on any atom is 0.251 e. The average Bonchev–Trinajstić information content (AvgIpc) is 2.40. The van der Waals surface area contributed by atoms with Gasteiger partial charge in [0.25, 0.3) is 5.91 Å². The standard InChI is InChI=1S/C14H19BrFNOS/c1-19-9-5-3-2-4-8-17-14(18)11-6-7-13(16)12(15)10-11/h6-7,10H,2-5,8-9H2,1H3,(H,17,18). The molecule has 106 valence electrons. The van der Waals surface area contributed by atoms with Crippen LogP contribution < -0.4 is 5.32 Å². The van der Waals surface area contributed by atoms with E-state index in [0.717, 1.165) is 12.8 Å². The first-order chi connectivity index (χ1) is 9.15. The van der Waals surface area contributed by atoms with Crippen LogP contribution >= 0.6 is 27.7 Å². The van der Waals surface area contributed by atoms with Crippen molar-refractivity contribution in [1.82, 2.24) is 5.32 Å². The van der Waals surface area contributed by atoms with Gasteiger partial charge in [0.05, 0.1) is 4.47 Å². The summed E-state index contributed by atoms with van der Waals surface area (Å²) in [6, 6.07) is 4.29. The molecule has 0 unspecified atom stereocenters. The molecule has 0 atom stereocenters. The van der Waals surface area contributed by atoms with E-state index in [0.29, 0.717) is 16.6 Å². The van der Waals surface area contributed by atoms with Crippen molar-refractivity contribution in [1.29, 1.82) is 0 Å². The van der Waals surface area contributed by atoms with Gasteiger partial charge < -0.3 is 5.32 Å². The number of carbonyl (C=O) groups excluding carboxylic acids is 1. The number of rotatable bonds is 8. The van der Waals surface area contributed by atoms with E-state index in [4.69, 9.17) is 0 Å². The second-order valence-electron chi connectivity index (χ2n) is 4.29. The fourth-order valence-corrected chi connectivity index (χ4v) is 2.54. The maximum atomic E-state index is 13.0. The van der Waals surface area contributed by atoms with E-state index in [2.05, 4.69) is 27.5 Å². The van der Waals surface area contributed by atoms with Gasteiger partial charge in [0.1, 0.15) is 5.82 Å². The SMILES string of the molecule is CSCCCCCCNC(=O)c1ccc(F)c(Br)c1. The Morgan fingerprint density at radius 1 is 1.32 bits per heavy atom. The minimum atomic E-state index is -0.356. The van der Waals surface area contributed by atoms with E-state index < -0.39 is 0 Å². The molecule has 5 heteroatoms. The third-order valence-corrected chi connectivity index (χ3v) is 4.05. The van der Waals surface area contributed by atoms with E-state index >= 15 is 0 Å². The summed E-state index contributed by atoms with van der Waals surface area (Å²) in [5, 5.41) is 2.85. The summed E-state index contributed by atoms with van der Waals surface area (Å²) in [5.74, 6) is 0.700. The van der Waals surface area contributed by atoms with Crippen LogP contribution in [-0.2, 0) is 0 Å². The van der Waals surface area contributed by atoms with Crippen LogP contribution in [-0.4, -0.2) is 24.5 Å². The first-order valence-electron chi connectivity index (χ1n) is 6.37. The van der Waals surface area contributed by atoms with Gasteiger partial charge in [-0.15, -0.1) is 0 Å². The molecule has 0 aliphatic rings. The highest BCUT2D eigenvalue weighted by Gasteiger charge is 2.07. The Balaban J connectivity index is 2.22. The van der Waals surface area contributed by atoms with Crippen LogP contribution in [0, 0.1) is 5.82 Å². The number of halogens is 2. The van der Waals surface area contributed by atoms with E-state index in [9.17, 15) is 9.18 Å². The van der Waals surface area contributed by atoms with Crippen molar-refractivity contribution in [3.63, 3.8) is 0 Å². The highest BCUT2D eigenvalue weighted by atomic mass is 79.9. The molecular formula is C14H19BrFNOS. The minimum Gasteiger partial charge on any atom is -0.352 e. The molecule has 1 rings (SSSR count). The monoisotopic (exact) mass is 347 g/mol. The van der Waals surface area contributed by atoms with E-state index in [1.54, 1.807) is 0 Å². The molecular weight excluding hydrogens is 329 g/mol. The third-order valence-electron chi connectivity index (χ3n) is 2.74. The fourth-order valence-electron chi connectivity index (χ4n) is 1.67. The third kappa shape index (κ3) is 6.43. The molecule has 0 aliphatic carbocycles. The van der Waals surface area contributed by atoms with Crippen molar-refractivity contribution >= 4 is 33.6 Å². The van der Waals surface area contributed by atoms with Crippen molar-refractivity contribution in [3.05, 3.63) is 34.1 Å². The van der Waals surface area contributed by atoms with Crippen LogP contribution in [0.25, 0.3) is 0 Å². The molecule has 0 saturated heterocycles. The van der Waals surface area contributed by atoms with Crippen LogP contribution in [0.3, 0.4) is 0 Å². The zero-order valence-electron chi connectivity index (χ0n) is 11.0. The first-order valence-corrected chi connectivity index (χ1v) is 8.56. The summed E-state index contributed by atoms with van der Waals surface area (Å²) in [6.45, 7) is 0.674. The summed E-state index contributed by atoms with van der Waals surface area (Å²) in [5.41, 5.74) is 0.482. The smallest absolute Gasteiger partial charge is 0.251 e. The van der Waals surface area contributed by atoms with Gasteiger partial charge in [0.15, 0.2) is 0 Å². The number of unbranched alkanes of at least 4 members (excludes halogenated alkanes) is 3. The highest BCUT2D eigenvalue weighted by molar-refractivity contribution is 9.10. The van der Waals surface area contributed by atoms with Crippen LogP contribution in [0.2, 0.25) is 0 Å². The molecule has 1 aromatic carbocycles. The van der Waals surface area contributed by atoms with Gasteiger partial charge in [-0.25, -0.2) is 4.39 Å². The van der Waals surface area contributed by atoms with Gasteiger partial charge in [-0.1, -0.05) is 12.8 Å². The summed E-state index contributed by atoms with van der Waals surface area (Å²) < 4.78 is 13.4. The molecule has 0 saturated carbocycles. The molecule has 0 aromatic heterocycles. The summed E-state index contributed by atoms with van der Waals surface area (Å²) in [7, 11) is 0. The van der Waals surface area contributed by atoms with E-state index in [-0.39, 0.29) is 11.7 Å². The summed E-state index contributed by atoms with van der Waals surface area (Å²) >= 11 is 4.94. The molecule has 0 bridgehead atoms. The van der Waals surface area contributed by atoms with E-state index in [1.165, 1.54) is 36.8 Å². The average molecular weight is 348 g/mol. The lowest BCUT2D eigenvalue weighted by Crippen LogP contribution is -2.24. The van der Waals surface area contributed by atoms with Gasteiger partial charge >= 0.3 is 0 Å². The second kappa shape index (κ2) is 9.37. The van der Waals surface area contributed by atoms with Crippen molar-refractivity contribution in [2.45, 2.75) is 25.7 Å². The maximum absolute atomic E-state index is 13.0. The lowest BCUT2D eigenvalue weighted by Gasteiger charge is -2.06. The molecule has 0 radical (unpaired) electrons. The van der Waals surface area contributed by atoms with Crippen molar-refractivity contribution in [2.75, 3.05) is 18.6 Å². The Hall–Kier alpha value is -0.550. The lowest BCUT2D eigenvalue weighted by molar-refractivity contribution is 0.0953. The summed E-state index contributed by atoms with van der Waals surface area (Å²) in [4.78, 5) is 11.8. The molecule has 1 N–H and O–H groups in total. The van der Waals surface area contributed by atoms with Crippen LogP contribution in [0.15, 0.2) is 22.7 Å². The molecule has 2 nitrogen and oxygen atoms in total. The summed E-state index contributed by atoms with van der Waals surface area (Å²) in [6.07, 6.45) is 6.68. The Bertz CT molecular complexity index is 414. The number of hydrogen-bond acceptors (Lipinski definition) is 2. The van der Waals surface area contributed by atoms with E-state index in [1.807, 2.05) is 11.8 Å². The van der Waals surface area contributed by atoms with Gasteiger partial charge in [-0.2, -0.15) is 11.8 Å². The van der Waals surface area contributed by atoms with Crippen LogP contribution in [0.1, 0.15) is 36.0 Å². The molecule has 0 heterocycles. The Labute approximate surface area is 126 Å². The highest BCUT2D eigenvalue weighted by Crippen LogP contribution is 2.16. The number of hydrogen-bond donors (Lipinski definition) is 1. The minimum absolute atomic E-state index is 0.148. The van der Waals surface area contributed by atoms with Crippen LogP contribution in [0.4, 0.5) is 4.39 Å². The molecule has 1 amide bonds. The normalized spacial score (nSPS) is 10.5. The molecule has 0 aliphatic heterocycles. The number of carbonyl (C=O) groups is 1. The molecule has 19 heavy (non-hydrogen) atoms. The Kier molecular flexibility index (Phi) is 8.14. The zero-order chi connectivity index (χ0) is 14.1. The van der Waals surface area contributed by atoms with Crippen molar-refractivity contribution < 1.29 is 9.18 Å². The van der Waals surface area contributed by atoms with Gasteiger partial charge in [-0.3, -0.25) is 4.79 Å². The van der Waals surface area contributed by atoms with Crippen molar-refractivity contribution in [2.24, 2.45) is 0 Å². The number of benzene rings is 1. The largest absolute Gasteiger partial charge is 0.352 e. The predicted octanol–water partition coefficient (Wildman–Crippen LogP) is 4.24. The zero-order valence-corrected chi connectivity index (χ0v) is 13.4. The number of nitrogens with one attached hydrogen (secondary N) is 1. The number of amides is 1. The van der Waals surface area contributed by atoms with Gasteiger partial charge in [0, 0.05) is 12.1 Å². The van der Waals surface area contributed by atoms with Gasteiger partial charge in [-0.05, 0) is 59.0 Å².